The second-order valence-corrected chi connectivity index (χ2v) is 7.04. The maximum absolute atomic E-state index is 5.96. The first kappa shape index (κ1) is 20.7. The van der Waals surface area contributed by atoms with Crippen LogP contribution in [0.2, 0.25) is 0 Å². The zero-order valence-corrected chi connectivity index (χ0v) is 17.4. The minimum atomic E-state index is 0.581. The third-order valence-corrected chi connectivity index (χ3v) is 4.75. The van der Waals surface area contributed by atoms with Gasteiger partial charge in [-0.1, -0.05) is 48.0 Å². The van der Waals surface area contributed by atoms with Crippen molar-refractivity contribution in [2.45, 2.75) is 26.5 Å². The lowest BCUT2D eigenvalue weighted by atomic mass is 10.1. The number of rotatable bonds is 10. The number of aryl methyl sites for hydroxylation is 1. The quantitative estimate of drug-likeness (QED) is 0.498. The highest BCUT2D eigenvalue weighted by atomic mass is 16.5. The first-order valence-electron chi connectivity index (χ1n) is 9.87. The number of hydrogen-bond donors (Lipinski definition) is 1. The molecule has 0 aliphatic carbocycles. The molecule has 0 spiro atoms. The molecule has 0 aliphatic rings. The maximum atomic E-state index is 5.96. The van der Waals surface area contributed by atoms with Gasteiger partial charge in [-0.15, -0.1) is 0 Å². The largest absolute Gasteiger partial charge is 0.493 e. The molecule has 4 nitrogen and oxygen atoms in total. The lowest BCUT2D eigenvalue weighted by Crippen LogP contribution is -2.16. The third-order valence-electron chi connectivity index (χ3n) is 4.75. The fourth-order valence-electron chi connectivity index (χ4n) is 3.22. The van der Waals surface area contributed by atoms with Crippen LogP contribution in [0.15, 0.2) is 66.7 Å². The van der Waals surface area contributed by atoms with Crippen molar-refractivity contribution in [3.63, 3.8) is 0 Å². The van der Waals surface area contributed by atoms with E-state index in [4.69, 9.17) is 14.2 Å². The van der Waals surface area contributed by atoms with Gasteiger partial charge in [-0.3, -0.25) is 0 Å². The van der Waals surface area contributed by atoms with Crippen LogP contribution in [0.3, 0.4) is 0 Å². The first-order valence-corrected chi connectivity index (χ1v) is 9.87. The Bertz CT molecular complexity index is 923. The molecule has 0 unspecified atom stereocenters. The van der Waals surface area contributed by atoms with Gasteiger partial charge in [0.1, 0.15) is 12.4 Å². The summed E-state index contributed by atoms with van der Waals surface area (Å²) in [5, 5.41) is 3.50. The molecule has 1 N–H and O–H groups in total. The second kappa shape index (κ2) is 10.5. The van der Waals surface area contributed by atoms with Crippen LogP contribution in [0.1, 0.15) is 22.3 Å². The topological polar surface area (TPSA) is 39.7 Å². The van der Waals surface area contributed by atoms with E-state index in [1.807, 2.05) is 24.3 Å². The van der Waals surface area contributed by atoms with Crippen molar-refractivity contribution in [3.05, 3.63) is 89.0 Å². The van der Waals surface area contributed by atoms with Crippen LogP contribution in [0.5, 0.6) is 17.2 Å². The SMILES string of the molecule is COc1ccc(CCNCc2cccc(OCc3cccc(C)c3)c2)cc1OC. The second-order valence-electron chi connectivity index (χ2n) is 7.04. The number of ether oxygens (including phenoxy) is 3. The third kappa shape index (κ3) is 6.26. The van der Waals surface area contributed by atoms with Crippen LogP contribution >= 0.6 is 0 Å². The van der Waals surface area contributed by atoms with Crippen LogP contribution in [0.25, 0.3) is 0 Å². The lowest BCUT2D eigenvalue weighted by Gasteiger charge is -2.11. The van der Waals surface area contributed by atoms with E-state index in [0.29, 0.717) is 6.61 Å². The molecule has 0 atom stereocenters. The number of hydrogen-bond acceptors (Lipinski definition) is 4. The van der Waals surface area contributed by atoms with E-state index in [-0.39, 0.29) is 0 Å². The average Bonchev–Trinajstić information content (AvgIpc) is 2.75. The summed E-state index contributed by atoms with van der Waals surface area (Å²) in [5.41, 5.74) is 4.85. The van der Waals surface area contributed by atoms with Crippen molar-refractivity contribution in [2.75, 3.05) is 20.8 Å². The molecular weight excluding hydrogens is 362 g/mol. The molecule has 4 heteroatoms. The molecule has 3 aromatic rings. The van der Waals surface area contributed by atoms with E-state index in [2.05, 4.69) is 54.7 Å². The Hall–Kier alpha value is -2.98. The van der Waals surface area contributed by atoms with Crippen LogP contribution in [-0.2, 0) is 19.6 Å². The van der Waals surface area contributed by atoms with Gasteiger partial charge in [0, 0.05) is 6.54 Å². The van der Waals surface area contributed by atoms with Crippen molar-refractivity contribution in [1.82, 2.24) is 5.32 Å². The molecule has 0 aromatic heterocycles. The van der Waals surface area contributed by atoms with E-state index in [1.54, 1.807) is 14.2 Å². The van der Waals surface area contributed by atoms with Gasteiger partial charge < -0.3 is 19.5 Å². The van der Waals surface area contributed by atoms with Gasteiger partial charge in [-0.05, 0) is 60.8 Å². The smallest absolute Gasteiger partial charge is 0.160 e. The molecule has 0 fully saturated rings. The lowest BCUT2D eigenvalue weighted by molar-refractivity contribution is 0.306. The molecule has 0 bridgehead atoms. The summed E-state index contributed by atoms with van der Waals surface area (Å²) in [5.74, 6) is 2.42. The Morgan fingerprint density at radius 1 is 0.759 bits per heavy atom. The van der Waals surface area contributed by atoms with E-state index in [9.17, 15) is 0 Å². The molecule has 0 saturated carbocycles. The normalized spacial score (nSPS) is 10.6. The highest BCUT2D eigenvalue weighted by Crippen LogP contribution is 2.27. The van der Waals surface area contributed by atoms with Crippen molar-refractivity contribution in [1.29, 1.82) is 0 Å². The van der Waals surface area contributed by atoms with Crippen molar-refractivity contribution in [2.24, 2.45) is 0 Å². The average molecular weight is 392 g/mol. The van der Waals surface area contributed by atoms with Crippen LogP contribution in [0, 0.1) is 6.92 Å². The Morgan fingerprint density at radius 3 is 2.34 bits per heavy atom. The van der Waals surface area contributed by atoms with Gasteiger partial charge in [0.15, 0.2) is 11.5 Å². The Kier molecular flexibility index (Phi) is 7.54. The van der Waals surface area contributed by atoms with Gasteiger partial charge in [-0.2, -0.15) is 0 Å². The van der Waals surface area contributed by atoms with E-state index in [1.165, 1.54) is 22.3 Å². The predicted molar refractivity (Wildman–Crippen MR) is 117 cm³/mol. The Labute approximate surface area is 173 Å². The number of nitrogens with one attached hydrogen (secondary N) is 1. The summed E-state index contributed by atoms with van der Waals surface area (Å²) in [6, 6.07) is 22.7. The molecule has 3 rings (SSSR count). The zero-order valence-electron chi connectivity index (χ0n) is 17.4. The van der Waals surface area contributed by atoms with Gasteiger partial charge >= 0.3 is 0 Å². The molecule has 0 amide bonds. The molecule has 0 heterocycles. The standard InChI is InChI=1S/C25H29NO3/c1-19-6-4-8-22(14-19)18-29-23-9-5-7-21(15-23)17-26-13-12-20-10-11-24(27-2)25(16-20)28-3/h4-11,14-16,26H,12-13,17-18H2,1-3H3. The van der Waals surface area contributed by atoms with Crippen LogP contribution < -0.4 is 19.5 Å². The van der Waals surface area contributed by atoms with Gasteiger partial charge in [0.05, 0.1) is 14.2 Å². The highest BCUT2D eigenvalue weighted by Gasteiger charge is 2.04. The molecular formula is C25H29NO3. The molecule has 3 aromatic carbocycles. The molecule has 0 aliphatic heterocycles. The summed E-state index contributed by atoms with van der Waals surface area (Å²) in [7, 11) is 3.31. The minimum absolute atomic E-state index is 0.581. The summed E-state index contributed by atoms with van der Waals surface area (Å²) in [6.07, 6.45) is 0.921. The van der Waals surface area contributed by atoms with E-state index < -0.39 is 0 Å². The minimum Gasteiger partial charge on any atom is -0.493 e. The number of benzene rings is 3. The summed E-state index contributed by atoms with van der Waals surface area (Å²) in [6.45, 7) is 4.36. The monoisotopic (exact) mass is 391 g/mol. The van der Waals surface area contributed by atoms with E-state index in [0.717, 1.165) is 36.8 Å². The van der Waals surface area contributed by atoms with Crippen LogP contribution in [0.4, 0.5) is 0 Å². The van der Waals surface area contributed by atoms with Crippen molar-refractivity contribution >= 4 is 0 Å². The van der Waals surface area contributed by atoms with Gasteiger partial charge in [-0.25, -0.2) is 0 Å². The molecule has 152 valence electrons. The summed E-state index contributed by atoms with van der Waals surface area (Å²) < 4.78 is 16.6. The molecule has 29 heavy (non-hydrogen) atoms. The van der Waals surface area contributed by atoms with Crippen molar-refractivity contribution in [3.8, 4) is 17.2 Å². The summed E-state index contributed by atoms with van der Waals surface area (Å²) >= 11 is 0. The number of methoxy groups -OCH3 is 2. The Balaban J connectivity index is 1.47. The maximum Gasteiger partial charge on any atom is 0.160 e. The summed E-state index contributed by atoms with van der Waals surface area (Å²) in [4.78, 5) is 0. The first-order chi connectivity index (χ1) is 14.2. The van der Waals surface area contributed by atoms with Gasteiger partial charge in [0.2, 0.25) is 0 Å². The fourth-order valence-corrected chi connectivity index (χ4v) is 3.22. The molecule has 0 saturated heterocycles. The predicted octanol–water partition coefficient (Wildman–Crippen LogP) is 4.92. The zero-order chi connectivity index (χ0) is 20.5. The Morgan fingerprint density at radius 2 is 1.55 bits per heavy atom. The van der Waals surface area contributed by atoms with Crippen molar-refractivity contribution < 1.29 is 14.2 Å². The van der Waals surface area contributed by atoms with E-state index >= 15 is 0 Å². The van der Waals surface area contributed by atoms with Crippen LogP contribution in [-0.4, -0.2) is 20.8 Å². The molecule has 0 radical (unpaired) electrons. The highest BCUT2D eigenvalue weighted by molar-refractivity contribution is 5.43. The van der Waals surface area contributed by atoms with Gasteiger partial charge in [0.25, 0.3) is 0 Å². The fraction of sp³-hybridized carbons (Fsp3) is 0.280.